The third-order valence-corrected chi connectivity index (χ3v) is 4.76. The topological polar surface area (TPSA) is 37.8 Å². The highest BCUT2D eigenvalue weighted by Gasteiger charge is 2.08. The lowest BCUT2D eigenvalue weighted by atomic mass is 10.2. The van der Waals surface area contributed by atoms with Gasteiger partial charge in [-0.1, -0.05) is 17.7 Å². The summed E-state index contributed by atoms with van der Waals surface area (Å²) in [7, 11) is 1.90. The molecule has 20 heavy (non-hydrogen) atoms. The second-order valence-corrected chi connectivity index (χ2v) is 6.43. The molecule has 1 N–H and O–H groups in total. The third kappa shape index (κ3) is 2.78. The first-order valence-corrected chi connectivity index (χ1v) is 8.24. The van der Waals surface area contributed by atoms with Crippen molar-refractivity contribution in [2.45, 2.75) is 17.6 Å². The van der Waals surface area contributed by atoms with Crippen LogP contribution in [0.3, 0.4) is 0 Å². The number of aryl methyl sites for hydroxylation is 1. The Morgan fingerprint density at radius 3 is 2.95 bits per heavy atom. The van der Waals surface area contributed by atoms with Gasteiger partial charge in [-0.25, -0.2) is 9.97 Å². The molecule has 0 spiro atoms. The number of hydrogen-bond donors (Lipinski definition) is 1. The summed E-state index contributed by atoms with van der Waals surface area (Å²) >= 11 is 3.42. The van der Waals surface area contributed by atoms with Crippen molar-refractivity contribution in [1.29, 1.82) is 0 Å². The zero-order chi connectivity index (χ0) is 13.9. The van der Waals surface area contributed by atoms with E-state index in [0.717, 1.165) is 27.6 Å². The van der Waals surface area contributed by atoms with Crippen molar-refractivity contribution in [2.75, 3.05) is 12.4 Å². The van der Waals surface area contributed by atoms with Gasteiger partial charge in [0.1, 0.15) is 16.5 Å². The van der Waals surface area contributed by atoms with Crippen LogP contribution in [0.1, 0.15) is 11.4 Å². The molecule has 0 radical (unpaired) electrons. The van der Waals surface area contributed by atoms with E-state index >= 15 is 0 Å². The summed E-state index contributed by atoms with van der Waals surface area (Å²) in [6.07, 6.45) is 0. The summed E-state index contributed by atoms with van der Waals surface area (Å²) < 4.78 is 0. The fraction of sp³-hybridized carbons (Fsp3) is 0.200. The minimum atomic E-state index is 0.784. The van der Waals surface area contributed by atoms with Gasteiger partial charge in [0.25, 0.3) is 0 Å². The predicted molar refractivity (Wildman–Crippen MR) is 87.7 cm³/mol. The standard InChI is InChI=1S/C15H15N3S2/c1-10-4-3-5-11(8-10)20-9-13-17-14(16-2)12-6-7-19-15(12)18-13/h3-8H,9H2,1-2H3,(H,16,17,18). The molecule has 3 aromatic rings. The monoisotopic (exact) mass is 301 g/mol. The van der Waals surface area contributed by atoms with Gasteiger partial charge in [0.2, 0.25) is 0 Å². The van der Waals surface area contributed by atoms with Crippen molar-refractivity contribution >= 4 is 39.1 Å². The number of aromatic nitrogens is 2. The summed E-state index contributed by atoms with van der Waals surface area (Å²) in [6, 6.07) is 10.6. The third-order valence-electron chi connectivity index (χ3n) is 2.97. The first-order chi connectivity index (χ1) is 9.76. The van der Waals surface area contributed by atoms with E-state index < -0.39 is 0 Å². The van der Waals surface area contributed by atoms with Crippen LogP contribution >= 0.6 is 23.1 Å². The van der Waals surface area contributed by atoms with Crippen LogP contribution in [-0.4, -0.2) is 17.0 Å². The molecular weight excluding hydrogens is 286 g/mol. The first kappa shape index (κ1) is 13.4. The van der Waals surface area contributed by atoms with Crippen LogP contribution < -0.4 is 5.32 Å². The van der Waals surface area contributed by atoms with E-state index in [1.807, 2.05) is 7.05 Å². The summed E-state index contributed by atoms with van der Waals surface area (Å²) in [5, 5.41) is 6.30. The van der Waals surface area contributed by atoms with Gasteiger partial charge in [0, 0.05) is 11.9 Å². The van der Waals surface area contributed by atoms with E-state index in [9.17, 15) is 0 Å². The highest BCUT2D eigenvalue weighted by molar-refractivity contribution is 7.98. The Morgan fingerprint density at radius 1 is 1.25 bits per heavy atom. The minimum absolute atomic E-state index is 0.784. The largest absolute Gasteiger partial charge is 0.372 e. The number of fused-ring (bicyclic) bond motifs is 1. The minimum Gasteiger partial charge on any atom is -0.372 e. The number of nitrogens with zero attached hydrogens (tertiary/aromatic N) is 2. The molecule has 0 amide bonds. The lowest BCUT2D eigenvalue weighted by Gasteiger charge is -2.06. The zero-order valence-electron chi connectivity index (χ0n) is 11.4. The maximum absolute atomic E-state index is 4.63. The summed E-state index contributed by atoms with van der Waals surface area (Å²) in [5.41, 5.74) is 1.28. The predicted octanol–water partition coefficient (Wildman–Crippen LogP) is 4.33. The molecule has 0 unspecified atom stereocenters. The van der Waals surface area contributed by atoms with Gasteiger partial charge in [-0.15, -0.1) is 23.1 Å². The average molecular weight is 301 g/mol. The number of anilines is 1. The summed E-state index contributed by atoms with van der Waals surface area (Å²) in [5.74, 6) is 2.57. The van der Waals surface area contributed by atoms with Crippen molar-refractivity contribution in [2.24, 2.45) is 0 Å². The van der Waals surface area contributed by atoms with E-state index in [2.05, 4.69) is 57.9 Å². The molecule has 0 saturated heterocycles. The van der Waals surface area contributed by atoms with Crippen LogP contribution in [0.5, 0.6) is 0 Å². The molecule has 3 nitrogen and oxygen atoms in total. The van der Waals surface area contributed by atoms with Crippen molar-refractivity contribution in [3.05, 3.63) is 47.1 Å². The van der Waals surface area contributed by atoms with Crippen LogP contribution in [0, 0.1) is 6.92 Å². The lowest BCUT2D eigenvalue weighted by molar-refractivity contribution is 1.07. The van der Waals surface area contributed by atoms with Crippen LogP contribution in [0.4, 0.5) is 5.82 Å². The molecule has 3 rings (SSSR count). The van der Waals surface area contributed by atoms with Crippen LogP contribution in [0.2, 0.25) is 0 Å². The van der Waals surface area contributed by atoms with Gasteiger partial charge in [-0.05, 0) is 30.5 Å². The van der Waals surface area contributed by atoms with E-state index in [1.165, 1.54) is 10.5 Å². The maximum Gasteiger partial charge on any atom is 0.142 e. The Bertz CT molecular complexity index is 737. The highest BCUT2D eigenvalue weighted by atomic mass is 32.2. The quantitative estimate of drug-likeness (QED) is 0.728. The fourth-order valence-corrected chi connectivity index (χ4v) is 3.66. The van der Waals surface area contributed by atoms with Crippen LogP contribution in [0.15, 0.2) is 40.6 Å². The zero-order valence-corrected chi connectivity index (χ0v) is 13.0. The average Bonchev–Trinajstić information content (AvgIpc) is 2.92. The number of benzene rings is 1. The van der Waals surface area contributed by atoms with Gasteiger partial charge < -0.3 is 5.32 Å². The van der Waals surface area contributed by atoms with E-state index in [1.54, 1.807) is 23.1 Å². The molecule has 5 heteroatoms. The van der Waals surface area contributed by atoms with Crippen molar-refractivity contribution < 1.29 is 0 Å². The molecule has 2 heterocycles. The van der Waals surface area contributed by atoms with Gasteiger partial charge in [0.15, 0.2) is 0 Å². The second kappa shape index (κ2) is 5.81. The smallest absolute Gasteiger partial charge is 0.142 e. The lowest BCUT2D eigenvalue weighted by Crippen LogP contribution is -1.99. The second-order valence-electron chi connectivity index (χ2n) is 4.48. The normalized spacial score (nSPS) is 10.9. The molecule has 2 aromatic heterocycles. The molecule has 0 fully saturated rings. The highest BCUT2D eigenvalue weighted by Crippen LogP contribution is 2.27. The molecule has 0 saturated carbocycles. The molecule has 102 valence electrons. The number of thioether (sulfide) groups is 1. The number of rotatable bonds is 4. The van der Waals surface area contributed by atoms with Crippen molar-refractivity contribution in [1.82, 2.24) is 9.97 Å². The van der Waals surface area contributed by atoms with Crippen LogP contribution in [-0.2, 0) is 5.75 Å². The molecule has 0 aliphatic heterocycles. The Kier molecular flexibility index (Phi) is 3.89. The molecule has 0 atom stereocenters. The van der Waals surface area contributed by atoms with Gasteiger partial charge in [-0.2, -0.15) is 0 Å². The molecule has 0 aliphatic carbocycles. The van der Waals surface area contributed by atoms with Gasteiger partial charge in [0.05, 0.1) is 11.1 Å². The van der Waals surface area contributed by atoms with E-state index in [4.69, 9.17) is 0 Å². The summed E-state index contributed by atoms with van der Waals surface area (Å²) in [6.45, 7) is 2.11. The van der Waals surface area contributed by atoms with Gasteiger partial charge in [-0.3, -0.25) is 0 Å². The Morgan fingerprint density at radius 2 is 2.15 bits per heavy atom. The van der Waals surface area contributed by atoms with E-state index in [-0.39, 0.29) is 0 Å². The summed E-state index contributed by atoms with van der Waals surface area (Å²) in [4.78, 5) is 11.5. The Balaban J connectivity index is 1.83. The van der Waals surface area contributed by atoms with Crippen LogP contribution in [0.25, 0.3) is 10.2 Å². The molecular formula is C15H15N3S2. The SMILES string of the molecule is CNc1nc(CSc2cccc(C)c2)nc2sccc12. The molecule has 1 aromatic carbocycles. The maximum atomic E-state index is 4.63. The van der Waals surface area contributed by atoms with Gasteiger partial charge >= 0.3 is 0 Å². The molecule has 0 bridgehead atoms. The first-order valence-electron chi connectivity index (χ1n) is 6.37. The Hall–Kier alpha value is -1.59. The number of thiophene rings is 1. The van der Waals surface area contributed by atoms with Crippen molar-refractivity contribution in [3.63, 3.8) is 0 Å². The fourth-order valence-electron chi connectivity index (χ4n) is 2.01. The van der Waals surface area contributed by atoms with Crippen molar-refractivity contribution in [3.8, 4) is 0 Å². The Labute approximate surface area is 126 Å². The van der Waals surface area contributed by atoms with E-state index in [0.29, 0.717) is 0 Å². The molecule has 0 aliphatic rings. The number of hydrogen-bond acceptors (Lipinski definition) is 5. The number of nitrogens with one attached hydrogen (secondary N) is 1.